The van der Waals surface area contributed by atoms with Crippen molar-refractivity contribution in [2.45, 2.75) is 31.8 Å². The van der Waals surface area contributed by atoms with Gasteiger partial charge in [-0.25, -0.2) is 9.59 Å². The lowest BCUT2D eigenvalue weighted by molar-refractivity contribution is -0.145. The maximum Gasteiger partial charge on any atom is 0.326 e. The van der Waals surface area contributed by atoms with E-state index in [2.05, 4.69) is 11.2 Å². The summed E-state index contributed by atoms with van der Waals surface area (Å²) in [5, 5.41) is 21.5. The molecule has 2 atom stereocenters. The summed E-state index contributed by atoms with van der Waals surface area (Å²) in [6.45, 7) is 1.65. The number of hydrogen-bond acceptors (Lipinski definition) is 3. The SMILES string of the molecule is C#CCC(C)NC(=O)N[C@@H](CC(=O)O)C(=O)O. The number of nitrogens with one attached hydrogen (secondary N) is 2. The molecule has 0 saturated heterocycles. The first-order valence-electron chi connectivity index (χ1n) is 4.82. The topological polar surface area (TPSA) is 116 Å². The summed E-state index contributed by atoms with van der Waals surface area (Å²) in [6, 6.07) is -2.55. The number of carbonyl (C=O) groups excluding carboxylic acids is 1. The molecule has 0 heterocycles. The first-order valence-corrected chi connectivity index (χ1v) is 4.82. The average Bonchev–Trinajstić information content (AvgIpc) is 2.15. The van der Waals surface area contributed by atoms with Crippen molar-refractivity contribution in [3.05, 3.63) is 0 Å². The molecule has 0 rings (SSSR count). The number of carboxylic acid groups (broad SMARTS) is 2. The standard InChI is InChI=1S/C10H14N2O5/c1-3-4-6(2)11-10(17)12-7(9(15)16)5-8(13)14/h1,6-7H,4-5H2,2H3,(H,13,14)(H,15,16)(H2,11,12,17)/t6?,7-/m0/s1. The van der Waals surface area contributed by atoms with Gasteiger partial charge in [-0.3, -0.25) is 4.79 Å². The highest BCUT2D eigenvalue weighted by Crippen LogP contribution is 1.94. The van der Waals surface area contributed by atoms with Gasteiger partial charge in [0.15, 0.2) is 0 Å². The fraction of sp³-hybridized carbons (Fsp3) is 0.500. The van der Waals surface area contributed by atoms with Gasteiger partial charge in [-0.15, -0.1) is 12.3 Å². The van der Waals surface area contributed by atoms with Crippen LogP contribution in [0.4, 0.5) is 4.79 Å². The molecule has 0 aromatic heterocycles. The highest BCUT2D eigenvalue weighted by Gasteiger charge is 2.23. The molecule has 7 heteroatoms. The van der Waals surface area contributed by atoms with Gasteiger partial charge in [0.2, 0.25) is 0 Å². The highest BCUT2D eigenvalue weighted by atomic mass is 16.4. The summed E-state index contributed by atoms with van der Waals surface area (Å²) in [5.74, 6) is -0.393. The predicted octanol–water partition coefficient (Wildman–Crippen LogP) is -0.375. The molecule has 1 unspecified atom stereocenters. The van der Waals surface area contributed by atoms with Crippen LogP contribution in [0.15, 0.2) is 0 Å². The van der Waals surface area contributed by atoms with Gasteiger partial charge in [-0.2, -0.15) is 0 Å². The van der Waals surface area contributed by atoms with E-state index in [1.165, 1.54) is 0 Å². The fourth-order valence-electron chi connectivity index (χ4n) is 1.03. The lowest BCUT2D eigenvalue weighted by Crippen LogP contribution is -2.49. The van der Waals surface area contributed by atoms with Crippen molar-refractivity contribution < 1.29 is 24.6 Å². The van der Waals surface area contributed by atoms with Crippen LogP contribution >= 0.6 is 0 Å². The molecule has 0 aliphatic rings. The van der Waals surface area contributed by atoms with Crippen LogP contribution in [-0.2, 0) is 9.59 Å². The average molecular weight is 242 g/mol. The molecule has 0 aliphatic carbocycles. The zero-order valence-electron chi connectivity index (χ0n) is 9.27. The number of hydrogen-bond donors (Lipinski definition) is 4. The van der Waals surface area contributed by atoms with Crippen molar-refractivity contribution in [3.63, 3.8) is 0 Å². The molecule has 0 spiro atoms. The molecule has 0 bridgehead atoms. The number of terminal acetylenes is 1. The van der Waals surface area contributed by atoms with Crippen LogP contribution in [0.2, 0.25) is 0 Å². The summed E-state index contributed by atoms with van der Waals surface area (Å²) in [4.78, 5) is 32.3. The van der Waals surface area contributed by atoms with Gasteiger partial charge < -0.3 is 20.8 Å². The minimum Gasteiger partial charge on any atom is -0.481 e. The molecule has 7 nitrogen and oxygen atoms in total. The normalized spacial score (nSPS) is 12.9. The highest BCUT2D eigenvalue weighted by molar-refractivity contribution is 5.86. The van der Waals surface area contributed by atoms with Crippen molar-refractivity contribution in [2.24, 2.45) is 0 Å². The number of carbonyl (C=O) groups is 3. The van der Waals surface area contributed by atoms with Crippen molar-refractivity contribution in [3.8, 4) is 12.3 Å². The van der Waals surface area contributed by atoms with Gasteiger partial charge in [-0.05, 0) is 6.92 Å². The largest absolute Gasteiger partial charge is 0.481 e. The number of amides is 2. The summed E-state index contributed by atoms with van der Waals surface area (Å²) < 4.78 is 0. The summed E-state index contributed by atoms with van der Waals surface area (Å²) in [5.41, 5.74) is 0. The third-order valence-electron chi connectivity index (χ3n) is 1.78. The van der Waals surface area contributed by atoms with E-state index in [-0.39, 0.29) is 6.04 Å². The zero-order valence-corrected chi connectivity index (χ0v) is 9.27. The number of aliphatic carboxylic acids is 2. The fourth-order valence-corrected chi connectivity index (χ4v) is 1.03. The van der Waals surface area contributed by atoms with Crippen molar-refractivity contribution in [1.29, 1.82) is 0 Å². The number of rotatable bonds is 6. The van der Waals surface area contributed by atoms with E-state index in [1.807, 2.05) is 5.32 Å². The molecule has 0 aliphatic heterocycles. The van der Waals surface area contributed by atoms with Crippen molar-refractivity contribution in [2.75, 3.05) is 0 Å². The quantitative estimate of drug-likeness (QED) is 0.474. The Balaban J connectivity index is 4.27. The van der Waals surface area contributed by atoms with E-state index in [4.69, 9.17) is 16.6 Å². The minimum atomic E-state index is -1.47. The molecule has 4 N–H and O–H groups in total. The van der Waals surface area contributed by atoms with Crippen LogP contribution in [0.1, 0.15) is 19.8 Å². The molecule has 17 heavy (non-hydrogen) atoms. The molecule has 0 saturated carbocycles. The Kier molecular flexibility index (Phi) is 6.18. The van der Waals surface area contributed by atoms with Crippen molar-refractivity contribution in [1.82, 2.24) is 10.6 Å². The van der Waals surface area contributed by atoms with Gasteiger partial charge in [0, 0.05) is 12.5 Å². The predicted molar refractivity (Wildman–Crippen MR) is 58.3 cm³/mol. The first kappa shape index (κ1) is 14.8. The van der Waals surface area contributed by atoms with Crippen molar-refractivity contribution >= 4 is 18.0 Å². The lowest BCUT2D eigenvalue weighted by atomic mass is 10.2. The Labute approximate surface area is 98.2 Å². The van der Waals surface area contributed by atoms with Gasteiger partial charge in [-0.1, -0.05) is 0 Å². The summed E-state index contributed by atoms with van der Waals surface area (Å²) in [6.07, 6.45) is 4.63. The third-order valence-corrected chi connectivity index (χ3v) is 1.78. The molecule has 0 radical (unpaired) electrons. The Morgan fingerprint density at radius 3 is 2.29 bits per heavy atom. The Bertz CT molecular complexity index is 347. The van der Waals surface area contributed by atoms with Crippen LogP contribution in [0.5, 0.6) is 0 Å². The lowest BCUT2D eigenvalue weighted by Gasteiger charge is -2.15. The Morgan fingerprint density at radius 1 is 1.29 bits per heavy atom. The van der Waals surface area contributed by atoms with Gasteiger partial charge >= 0.3 is 18.0 Å². The zero-order chi connectivity index (χ0) is 13.4. The van der Waals surface area contributed by atoms with E-state index in [0.29, 0.717) is 6.42 Å². The molecule has 2 amide bonds. The second-order valence-electron chi connectivity index (χ2n) is 3.42. The van der Waals surface area contributed by atoms with Crippen LogP contribution < -0.4 is 10.6 Å². The molecule has 94 valence electrons. The number of urea groups is 1. The van der Waals surface area contributed by atoms with Gasteiger partial charge in [0.1, 0.15) is 6.04 Å². The van der Waals surface area contributed by atoms with E-state index in [0.717, 1.165) is 0 Å². The van der Waals surface area contributed by atoms with Crippen LogP contribution in [0.25, 0.3) is 0 Å². The maximum atomic E-state index is 11.3. The van der Waals surface area contributed by atoms with Crippen LogP contribution in [0, 0.1) is 12.3 Å². The minimum absolute atomic E-state index is 0.296. The maximum absolute atomic E-state index is 11.3. The van der Waals surface area contributed by atoms with Gasteiger partial charge in [0.25, 0.3) is 0 Å². The Morgan fingerprint density at radius 2 is 1.88 bits per heavy atom. The van der Waals surface area contributed by atoms with Crippen LogP contribution in [0.3, 0.4) is 0 Å². The molecular weight excluding hydrogens is 228 g/mol. The summed E-state index contributed by atoms with van der Waals surface area (Å²) in [7, 11) is 0. The summed E-state index contributed by atoms with van der Waals surface area (Å²) >= 11 is 0. The third kappa shape index (κ3) is 6.78. The van der Waals surface area contributed by atoms with E-state index >= 15 is 0 Å². The second-order valence-corrected chi connectivity index (χ2v) is 3.42. The molecule has 0 aromatic carbocycles. The molecule has 0 fully saturated rings. The monoisotopic (exact) mass is 242 g/mol. The van der Waals surface area contributed by atoms with Crippen LogP contribution in [-0.4, -0.2) is 40.3 Å². The van der Waals surface area contributed by atoms with E-state index < -0.39 is 30.4 Å². The number of carboxylic acids is 2. The van der Waals surface area contributed by atoms with Gasteiger partial charge in [0.05, 0.1) is 6.42 Å². The molecule has 0 aromatic rings. The van der Waals surface area contributed by atoms with E-state index in [9.17, 15) is 14.4 Å². The van der Waals surface area contributed by atoms with E-state index in [1.54, 1.807) is 6.92 Å². The first-order chi connectivity index (χ1) is 7.86. The second kappa shape index (κ2) is 7.11. The Hall–Kier alpha value is -2.23. The smallest absolute Gasteiger partial charge is 0.326 e. The molecular formula is C10H14N2O5.